The molecule has 5 heteroatoms. The Morgan fingerprint density at radius 2 is 2.11 bits per heavy atom. The third-order valence-corrected chi connectivity index (χ3v) is 4.04. The SMILES string of the molecule is CC(NC(=O)NCCN1CCCCC1)C1CCCO1. The maximum atomic E-state index is 11.8. The van der Waals surface area contributed by atoms with Gasteiger partial charge in [-0.3, -0.25) is 0 Å². The lowest BCUT2D eigenvalue weighted by Crippen LogP contribution is -2.47. The molecule has 2 saturated heterocycles. The number of amides is 2. The molecule has 0 bridgehead atoms. The van der Waals surface area contributed by atoms with Crippen LogP contribution in [-0.2, 0) is 4.74 Å². The fourth-order valence-corrected chi connectivity index (χ4v) is 2.86. The molecular weight excluding hydrogens is 242 g/mol. The Hall–Kier alpha value is -0.810. The van der Waals surface area contributed by atoms with Gasteiger partial charge < -0.3 is 20.3 Å². The van der Waals surface area contributed by atoms with Crippen LogP contribution >= 0.6 is 0 Å². The smallest absolute Gasteiger partial charge is 0.315 e. The Bertz CT molecular complexity index is 274. The number of ether oxygens (including phenoxy) is 1. The molecule has 2 rings (SSSR count). The molecule has 5 nitrogen and oxygen atoms in total. The Morgan fingerprint density at radius 1 is 1.32 bits per heavy atom. The molecule has 0 aromatic rings. The summed E-state index contributed by atoms with van der Waals surface area (Å²) in [7, 11) is 0. The topological polar surface area (TPSA) is 53.6 Å². The van der Waals surface area contributed by atoms with Crippen molar-refractivity contribution < 1.29 is 9.53 Å². The molecule has 19 heavy (non-hydrogen) atoms. The van der Waals surface area contributed by atoms with E-state index in [1.54, 1.807) is 0 Å². The summed E-state index contributed by atoms with van der Waals surface area (Å²) < 4.78 is 5.56. The number of piperidine rings is 1. The highest BCUT2D eigenvalue weighted by atomic mass is 16.5. The lowest BCUT2D eigenvalue weighted by molar-refractivity contribution is 0.0859. The second-order valence-corrected chi connectivity index (χ2v) is 5.64. The summed E-state index contributed by atoms with van der Waals surface area (Å²) in [6.07, 6.45) is 6.28. The Morgan fingerprint density at radius 3 is 2.79 bits per heavy atom. The Labute approximate surface area is 116 Å². The maximum absolute atomic E-state index is 11.8. The summed E-state index contributed by atoms with van der Waals surface area (Å²) in [6, 6.07) is 0.0255. The van der Waals surface area contributed by atoms with Gasteiger partial charge in [-0.15, -0.1) is 0 Å². The molecule has 0 aliphatic carbocycles. The van der Waals surface area contributed by atoms with Crippen molar-refractivity contribution in [1.29, 1.82) is 0 Å². The number of hydrogen-bond acceptors (Lipinski definition) is 3. The van der Waals surface area contributed by atoms with E-state index in [2.05, 4.69) is 15.5 Å². The quantitative estimate of drug-likeness (QED) is 0.792. The Balaban J connectivity index is 1.56. The van der Waals surface area contributed by atoms with E-state index in [0.29, 0.717) is 0 Å². The molecular formula is C14H27N3O2. The van der Waals surface area contributed by atoms with E-state index in [4.69, 9.17) is 4.74 Å². The molecule has 2 aliphatic rings. The summed E-state index contributed by atoms with van der Waals surface area (Å²) in [5.74, 6) is 0. The highest BCUT2D eigenvalue weighted by molar-refractivity contribution is 5.74. The van der Waals surface area contributed by atoms with Crippen LogP contribution in [-0.4, -0.2) is 55.9 Å². The van der Waals surface area contributed by atoms with Gasteiger partial charge in [0, 0.05) is 19.7 Å². The monoisotopic (exact) mass is 269 g/mol. The van der Waals surface area contributed by atoms with Crippen LogP contribution in [0.4, 0.5) is 4.79 Å². The van der Waals surface area contributed by atoms with Crippen LogP contribution in [0.15, 0.2) is 0 Å². The fourth-order valence-electron chi connectivity index (χ4n) is 2.86. The van der Waals surface area contributed by atoms with Crippen molar-refractivity contribution in [3.8, 4) is 0 Å². The number of nitrogens with zero attached hydrogens (tertiary/aromatic N) is 1. The van der Waals surface area contributed by atoms with E-state index in [-0.39, 0.29) is 18.2 Å². The van der Waals surface area contributed by atoms with Crippen LogP contribution in [0, 0.1) is 0 Å². The van der Waals surface area contributed by atoms with Crippen LogP contribution in [0.25, 0.3) is 0 Å². The van der Waals surface area contributed by atoms with Crippen molar-refractivity contribution >= 4 is 6.03 Å². The molecule has 2 unspecified atom stereocenters. The highest BCUT2D eigenvalue weighted by Gasteiger charge is 2.23. The van der Waals surface area contributed by atoms with Gasteiger partial charge in [0.2, 0.25) is 0 Å². The lowest BCUT2D eigenvalue weighted by atomic mass is 10.1. The predicted molar refractivity (Wildman–Crippen MR) is 75.3 cm³/mol. The number of likely N-dealkylation sites (tertiary alicyclic amines) is 1. The minimum absolute atomic E-state index is 0.0694. The van der Waals surface area contributed by atoms with Gasteiger partial charge in [0.1, 0.15) is 0 Å². The molecule has 2 fully saturated rings. The van der Waals surface area contributed by atoms with Gasteiger partial charge in [-0.05, 0) is 45.7 Å². The van der Waals surface area contributed by atoms with Crippen LogP contribution in [0.2, 0.25) is 0 Å². The Kier molecular flexibility index (Phi) is 5.92. The number of nitrogens with one attached hydrogen (secondary N) is 2. The first kappa shape index (κ1) is 14.6. The zero-order chi connectivity index (χ0) is 13.5. The first-order valence-corrected chi connectivity index (χ1v) is 7.64. The number of urea groups is 1. The van der Waals surface area contributed by atoms with Gasteiger partial charge in [0.05, 0.1) is 12.1 Å². The third-order valence-electron chi connectivity index (χ3n) is 4.04. The van der Waals surface area contributed by atoms with Gasteiger partial charge in [0.25, 0.3) is 0 Å². The average Bonchev–Trinajstić information content (AvgIpc) is 2.94. The van der Waals surface area contributed by atoms with E-state index in [1.807, 2.05) is 6.92 Å². The lowest BCUT2D eigenvalue weighted by Gasteiger charge is -2.26. The van der Waals surface area contributed by atoms with Crippen molar-refractivity contribution in [2.75, 3.05) is 32.8 Å². The molecule has 2 N–H and O–H groups in total. The largest absolute Gasteiger partial charge is 0.376 e. The van der Waals surface area contributed by atoms with Gasteiger partial charge >= 0.3 is 6.03 Å². The van der Waals surface area contributed by atoms with Crippen LogP contribution < -0.4 is 10.6 Å². The maximum Gasteiger partial charge on any atom is 0.315 e. The van der Waals surface area contributed by atoms with E-state index in [9.17, 15) is 4.79 Å². The van der Waals surface area contributed by atoms with Gasteiger partial charge in [-0.2, -0.15) is 0 Å². The van der Waals surface area contributed by atoms with Crippen LogP contribution in [0.1, 0.15) is 39.0 Å². The molecule has 0 saturated carbocycles. The second-order valence-electron chi connectivity index (χ2n) is 5.64. The van der Waals surface area contributed by atoms with Crippen molar-refractivity contribution in [2.45, 2.75) is 51.2 Å². The van der Waals surface area contributed by atoms with E-state index in [0.717, 1.165) is 32.5 Å². The minimum atomic E-state index is -0.0694. The average molecular weight is 269 g/mol. The summed E-state index contributed by atoms with van der Waals surface area (Å²) in [4.78, 5) is 14.2. The first-order valence-electron chi connectivity index (χ1n) is 7.64. The van der Waals surface area contributed by atoms with Crippen molar-refractivity contribution in [3.63, 3.8) is 0 Å². The van der Waals surface area contributed by atoms with E-state index < -0.39 is 0 Å². The second kappa shape index (κ2) is 7.70. The standard InChI is InChI=1S/C14H27N3O2/c1-12(13-6-5-11-19-13)16-14(18)15-7-10-17-8-3-2-4-9-17/h12-13H,2-11H2,1H3,(H2,15,16,18). The number of rotatable bonds is 5. The van der Waals surface area contributed by atoms with E-state index in [1.165, 1.54) is 32.4 Å². The summed E-state index contributed by atoms with van der Waals surface area (Å²) >= 11 is 0. The molecule has 2 atom stereocenters. The minimum Gasteiger partial charge on any atom is -0.376 e. The summed E-state index contributed by atoms with van der Waals surface area (Å²) in [5.41, 5.74) is 0. The third kappa shape index (κ3) is 4.99. The van der Waals surface area contributed by atoms with Gasteiger partial charge in [-0.1, -0.05) is 6.42 Å². The van der Waals surface area contributed by atoms with Crippen molar-refractivity contribution in [3.05, 3.63) is 0 Å². The van der Waals surface area contributed by atoms with Crippen molar-refractivity contribution in [1.82, 2.24) is 15.5 Å². The number of hydrogen-bond donors (Lipinski definition) is 2. The normalized spacial score (nSPS) is 26.1. The van der Waals surface area contributed by atoms with Crippen molar-refractivity contribution in [2.24, 2.45) is 0 Å². The summed E-state index contributed by atoms with van der Waals surface area (Å²) in [6.45, 7) is 6.88. The van der Waals surface area contributed by atoms with Crippen LogP contribution in [0.3, 0.4) is 0 Å². The highest BCUT2D eigenvalue weighted by Crippen LogP contribution is 2.15. The molecule has 0 aromatic heterocycles. The molecule has 2 amide bonds. The van der Waals surface area contributed by atoms with Gasteiger partial charge in [-0.25, -0.2) is 4.79 Å². The molecule has 0 aromatic carbocycles. The van der Waals surface area contributed by atoms with E-state index >= 15 is 0 Å². The molecule has 2 heterocycles. The van der Waals surface area contributed by atoms with Gasteiger partial charge in [0.15, 0.2) is 0 Å². The zero-order valence-electron chi connectivity index (χ0n) is 12.0. The number of carbonyl (C=O) groups excluding carboxylic acids is 1. The fraction of sp³-hybridized carbons (Fsp3) is 0.929. The number of carbonyl (C=O) groups is 1. The van der Waals surface area contributed by atoms with Crippen LogP contribution in [0.5, 0.6) is 0 Å². The molecule has 0 spiro atoms. The predicted octanol–water partition coefficient (Wildman–Crippen LogP) is 1.34. The zero-order valence-corrected chi connectivity index (χ0v) is 12.0. The summed E-state index contributed by atoms with van der Waals surface area (Å²) in [5, 5.41) is 5.90. The molecule has 110 valence electrons. The molecule has 2 aliphatic heterocycles. The molecule has 0 radical (unpaired) electrons. The first-order chi connectivity index (χ1) is 9.25.